The lowest BCUT2D eigenvalue weighted by Crippen LogP contribution is -2.47. The van der Waals surface area contributed by atoms with Gasteiger partial charge in [0.15, 0.2) is 17.6 Å². The smallest absolute Gasteiger partial charge is 0.248 e. The first-order valence-corrected chi connectivity index (χ1v) is 7.50. The Morgan fingerprint density at radius 1 is 1.17 bits per heavy atom. The number of para-hydroxylation sites is 2. The zero-order valence-corrected chi connectivity index (χ0v) is 12.9. The van der Waals surface area contributed by atoms with Crippen LogP contribution in [-0.4, -0.2) is 42.2 Å². The number of carbonyl (C=O) groups is 1. The largest absolute Gasteiger partial charge is 0.504 e. The topological polar surface area (TPSA) is 59.0 Å². The molecular weight excluding hydrogens is 294 g/mol. The van der Waals surface area contributed by atoms with Crippen molar-refractivity contribution in [3.63, 3.8) is 0 Å². The van der Waals surface area contributed by atoms with E-state index in [2.05, 4.69) is 0 Å². The first kappa shape index (κ1) is 15.4. The monoisotopic (exact) mass is 313 g/mol. The molecule has 1 heterocycles. The summed E-state index contributed by atoms with van der Waals surface area (Å²) >= 11 is 0. The third-order valence-electron chi connectivity index (χ3n) is 3.89. The average molecular weight is 313 g/mol. The first-order chi connectivity index (χ1) is 11.1. The van der Waals surface area contributed by atoms with Crippen molar-refractivity contribution in [2.75, 3.05) is 20.2 Å². The molecule has 1 amide bonds. The third kappa shape index (κ3) is 3.46. The van der Waals surface area contributed by atoms with Gasteiger partial charge in [0.05, 0.1) is 6.54 Å². The Morgan fingerprint density at radius 2 is 1.87 bits per heavy atom. The zero-order chi connectivity index (χ0) is 16.2. The van der Waals surface area contributed by atoms with E-state index in [0.29, 0.717) is 12.3 Å². The minimum absolute atomic E-state index is 0.0363. The average Bonchev–Trinajstić information content (AvgIpc) is 2.58. The molecule has 120 valence electrons. The van der Waals surface area contributed by atoms with Crippen LogP contribution >= 0.6 is 0 Å². The molecule has 23 heavy (non-hydrogen) atoms. The number of phenolic OH excluding ortho intramolecular Hbond substituents is 1. The number of amides is 1. The molecule has 0 spiro atoms. The van der Waals surface area contributed by atoms with E-state index in [1.54, 1.807) is 36.2 Å². The number of carbonyl (C=O) groups excluding carboxylic acids is 1. The zero-order valence-electron chi connectivity index (χ0n) is 12.9. The van der Waals surface area contributed by atoms with E-state index in [9.17, 15) is 9.90 Å². The van der Waals surface area contributed by atoms with Crippen molar-refractivity contribution in [2.24, 2.45) is 0 Å². The summed E-state index contributed by atoms with van der Waals surface area (Å²) in [6.07, 6.45) is -0.722. The van der Waals surface area contributed by atoms with Gasteiger partial charge in [-0.1, -0.05) is 42.5 Å². The highest BCUT2D eigenvalue weighted by atomic mass is 16.5. The fourth-order valence-corrected chi connectivity index (χ4v) is 2.59. The van der Waals surface area contributed by atoms with Crippen molar-refractivity contribution in [3.8, 4) is 11.5 Å². The molecular formula is C18H19NO4. The van der Waals surface area contributed by atoms with E-state index in [1.807, 2.05) is 30.3 Å². The summed E-state index contributed by atoms with van der Waals surface area (Å²) in [5.41, 5.74) is 0.934. The Balaban J connectivity index is 1.88. The summed E-state index contributed by atoms with van der Waals surface area (Å²) in [6.45, 7) is 0.473. The van der Waals surface area contributed by atoms with Crippen LogP contribution in [0.4, 0.5) is 0 Å². The molecule has 2 aromatic carbocycles. The number of phenols is 1. The number of rotatable bonds is 4. The molecule has 1 saturated heterocycles. The maximum absolute atomic E-state index is 11.6. The summed E-state index contributed by atoms with van der Waals surface area (Å²) in [5.74, 6) is 0.425. The van der Waals surface area contributed by atoms with E-state index >= 15 is 0 Å². The summed E-state index contributed by atoms with van der Waals surface area (Å²) in [4.78, 5) is 13.3. The molecule has 0 bridgehead atoms. The van der Waals surface area contributed by atoms with Crippen molar-refractivity contribution in [1.29, 1.82) is 0 Å². The van der Waals surface area contributed by atoms with E-state index in [4.69, 9.17) is 9.47 Å². The molecule has 1 N–H and O–H groups in total. The maximum atomic E-state index is 11.6. The first-order valence-electron chi connectivity index (χ1n) is 7.50. The van der Waals surface area contributed by atoms with E-state index in [1.165, 1.54) is 0 Å². The van der Waals surface area contributed by atoms with Gasteiger partial charge < -0.3 is 19.5 Å². The molecule has 3 rings (SSSR count). The summed E-state index contributed by atoms with van der Waals surface area (Å²) in [6, 6.07) is 16.5. The normalized spacial score (nSPS) is 19.4. The van der Waals surface area contributed by atoms with Crippen LogP contribution in [0.1, 0.15) is 11.7 Å². The van der Waals surface area contributed by atoms with Gasteiger partial charge in [0.1, 0.15) is 12.7 Å². The second-order valence-corrected chi connectivity index (χ2v) is 5.54. The molecule has 2 unspecified atom stereocenters. The van der Waals surface area contributed by atoms with Gasteiger partial charge in [0.25, 0.3) is 0 Å². The number of hydrogen-bond acceptors (Lipinski definition) is 4. The Labute approximate surface area is 135 Å². The van der Waals surface area contributed by atoms with Gasteiger partial charge in [-0.3, -0.25) is 4.79 Å². The van der Waals surface area contributed by atoms with E-state index in [0.717, 1.165) is 5.56 Å². The lowest BCUT2D eigenvalue weighted by Gasteiger charge is -2.35. The second-order valence-electron chi connectivity index (χ2n) is 5.54. The molecule has 5 nitrogen and oxygen atoms in total. The number of likely N-dealkylation sites (N-methyl/N-ethyl adjacent to an activating group) is 1. The van der Waals surface area contributed by atoms with Crippen LogP contribution in [0.3, 0.4) is 0 Å². The highest BCUT2D eigenvalue weighted by molar-refractivity contribution is 5.77. The molecule has 0 radical (unpaired) electrons. The quantitative estimate of drug-likeness (QED) is 0.941. The second kappa shape index (κ2) is 6.71. The van der Waals surface area contributed by atoms with Gasteiger partial charge in [-0.25, -0.2) is 0 Å². The molecule has 2 aromatic rings. The number of nitrogens with zero attached hydrogens (tertiary/aromatic N) is 1. The van der Waals surface area contributed by atoms with Crippen LogP contribution in [0.25, 0.3) is 0 Å². The van der Waals surface area contributed by atoms with Crippen LogP contribution < -0.4 is 4.74 Å². The molecule has 1 fully saturated rings. The van der Waals surface area contributed by atoms with Crippen molar-refractivity contribution >= 4 is 5.91 Å². The molecule has 1 aliphatic heterocycles. The predicted octanol–water partition coefficient (Wildman–Crippen LogP) is 2.37. The van der Waals surface area contributed by atoms with Crippen molar-refractivity contribution in [3.05, 3.63) is 60.2 Å². The Bertz CT molecular complexity index is 674. The van der Waals surface area contributed by atoms with Crippen molar-refractivity contribution in [1.82, 2.24) is 4.90 Å². The fraction of sp³-hybridized carbons (Fsp3) is 0.278. The summed E-state index contributed by atoms with van der Waals surface area (Å²) in [5, 5.41) is 9.97. The van der Waals surface area contributed by atoms with E-state index in [-0.39, 0.29) is 24.4 Å². The number of morpholine rings is 1. The van der Waals surface area contributed by atoms with Gasteiger partial charge in [0, 0.05) is 7.05 Å². The summed E-state index contributed by atoms with van der Waals surface area (Å²) < 4.78 is 11.7. The van der Waals surface area contributed by atoms with Crippen LogP contribution in [-0.2, 0) is 9.53 Å². The molecule has 5 heteroatoms. The predicted molar refractivity (Wildman–Crippen MR) is 85.3 cm³/mol. The molecule has 0 aliphatic carbocycles. The van der Waals surface area contributed by atoms with Crippen LogP contribution in [0.15, 0.2) is 54.6 Å². The van der Waals surface area contributed by atoms with Crippen LogP contribution in [0.2, 0.25) is 0 Å². The lowest BCUT2D eigenvalue weighted by molar-refractivity contribution is -0.152. The minimum atomic E-state index is -0.417. The Hall–Kier alpha value is -2.53. The SMILES string of the molecule is CN1CC(C(Oc2ccccc2O)c2ccccc2)OCC1=O. The molecule has 1 aliphatic rings. The minimum Gasteiger partial charge on any atom is -0.504 e. The standard InChI is InChI=1S/C18H19NO4/c1-19-11-16(22-12-17(19)21)18(13-7-3-2-4-8-13)23-15-10-6-5-9-14(15)20/h2-10,16,18,20H,11-12H2,1H3. The number of hydrogen-bond donors (Lipinski definition) is 1. The summed E-state index contributed by atoms with van der Waals surface area (Å²) in [7, 11) is 1.75. The Morgan fingerprint density at radius 3 is 2.57 bits per heavy atom. The fourth-order valence-electron chi connectivity index (χ4n) is 2.59. The van der Waals surface area contributed by atoms with Gasteiger partial charge in [-0.05, 0) is 17.7 Å². The number of ether oxygens (including phenoxy) is 2. The van der Waals surface area contributed by atoms with Gasteiger partial charge >= 0.3 is 0 Å². The molecule has 2 atom stereocenters. The van der Waals surface area contributed by atoms with Crippen molar-refractivity contribution < 1.29 is 19.4 Å². The third-order valence-corrected chi connectivity index (χ3v) is 3.89. The van der Waals surface area contributed by atoms with Crippen molar-refractivity contribution in [2.45, 2.75) is 12.2 Å². The van der Waals surface area contributed by atoms with E-state index < -0.39 is 6.10 Å². The van der Waals surface area contributed by atoms with Crippen LogP contribution in [0.5, 0.6) is 11.5 Å². The number of aromatic hydroxyl groups is 1. The Kier molecular flexibility index (Phi) is 4.48. The van der Waals surface area contributed by atoms with Gasteiger partial charge in [0.2, 0.25) is 5.91 Å². The maximum Gasteiger partial charge on any atom is 0.248 e. The molecule has 0 aromatic heterocycles. The van der Waals surface area contributed by atoms with Crippen LogP contribution in [0, 0.1) is 0 Å². The van der Waals surface area contributed by atoms with Gasteiger partial charge in [-0.15, -0.1) is 0 Å². The molecule has 0 saturated carbocycles. The highest BCUT2D eigenvalue weighted by Crippen LogP contribution is 2.33. The lowest BCUT2D eigenvalue weighted by atomic mass is 10.0. The highest BCUT2D eigenvalue weighted by Gasteiger charge is 2.33. The van der Waals surface area contributed by atoms with Gasteiger partial charge in [-0.2, -0.15) is 0 Å². The number of benzene rings is 2.